The maximum absolute atomic E-state index is 11.0. The smallest absolute Gasteiger partial charge is 0.0650 e. The van der Waals surface area contributed by atoms with E-state index in [0.29, 0.717) is 5.41 Å². The molecule has 2 bridgehead atoms. The summed E-state index contributed by atoms with van der Waals surface area (Å²) in [5.74, 6) is 3.67. The van der Waals surface area contributed by atoms with E-state index in [9.17, 15) is 5.11 Å². The van der Waals surface area contributed by atoms with Gasteiger partial charge < -0.3 is 5.11 Å². The van der Waals surface area contributed by atoms with Gasteiger partial charge in [-0.1, -0.05) is 33.6 Å². The van der Waals surface area contributed by atoms with Crippen LogP contribution in [-0.2, 0) is 0 Å². The lowest BCUT2D eigenvalue weighted by Gasteiger charge is -2.44. The molecule has 0 saturated heterocycles. The Balaban J connectivity index is 1.54. The number of hydrogen-bond acceptors (Lipinski definition) is 1. The average molecular weight is 278 g/mol. The zero-order valence-electron chi connectivity index (χ0n) is 13.8. The second-order valence-corrected chi connectivity index (χ2v) is 8.98. The van der Waals surface area contributed by atoms with E-state index in [1.807, 2.05) is 0 Å². The van der Waals surface area contributed by atoms with Crippen molar-refractivity contribution in [1.29, 1.82) is 0 Å². The molecule has 0 aromatic heterocycles. The van der Waals surface area contributed by atoms with Gasteiger partial charge in [-0.05, 0) is 80.5 Å². The van der Waals surface area contributed by atoms with Gasteiger partial charge in [0, 0.05) is 0 Å². The van der Waals surface area contributed by atoms with Crippen LogP contribution in [0.3, 0.4) is 0 Å². The lowest BCUT2D eigenvalue weighted by atomic mass is 9.64. The van der Waals surface area contributed by atoms with E-state index in [0.717, 1.165) is 42.9 Å². The Bertz CT molecular complexity index is 338. The average Bonchev–Trinajstić information content (AvgIpc) is 3.01. The van der Waals surface area contributed by atoms with E-state index in [4.69, 9.17) is 0 Å². The third kappa shape index (κ3) is 2.80. The van der Waals surface area contributed by atoms with Gasteiger partial charge in [-0.15, -0.1) is 0 Å². The highest BCUT2D eigenvalue weighted by atomic mass is 16.3. The molecule has 0 heterocycles. The van der Waals surface area contributed by atoms with Crippen LogP contribution in [0.1, 0.15) is 85.0 Å². The Morgan fingerprint density at radius 3 is 2.25 bits per heavy atom. The minimum Gasteiger partial charge on any atom is -0.390 e. The fourth-order valence-corrected chi connectivity index (χ4v) is 5.54. The molecule has 3 unspecified atom stereocenters. The van der Waals surface area contributed by atoms with E-state index in [-0.39, 0.29) is 5.60 Å². The molecule has 20 heavy (non-hydrogen) atoms. The molecule has 116 valence electrons. The molecule has 3 saturated carbocycles. The van der Waals surface area contributed by atoms with Gasteiger partial charge in [0.05, 0.1) is 5.60 Å². The Kier molecular flexibility index (Phi) is 3.95. The van der Waals surface area contributed by atoms with Crippen molar-refractivity contribution in [1.82, 2.24) is 0 Å². The Morgan fingerprint density at radius 2 is 1.75 bits per heavy atom. The monoisotopic (exact) mass is 278 g/mol. The maximum Gasteiger partial charge on any atom is 0.0650 e. The molecule has 1 heteroatoms. The summed E-state index contributed by atoms with van der Waals surface area (Å²) >= 11 is 0. The maximum atomic E-state index is 11.0. The predicted octanol–water partition coefficient (Wildman–Crippen LogP) is 5.17. The van der Waals surface area contributed by atoms with E-state index in [1.165, 1.54) is 44.9 Å². The van der Waals surface area contributed by atoms with Gasteiger partial charge in [0.25, 0.3) is 0 Å². The van der Waals surface area contributed by atoms with Crippen molar-refractivity contribution in [2.24, 2.45) is 29.1 Å². The van der Waals surface area contributed by atoms with Crippen LogP contribution < -0.4 is 0 Å². The van der Waals surface area contributed by atoms with E-state index >= 15 is 0 Å². The first-order valence-corrected chi connectivity index (χ1v) is 9.14. The molecule has 0 amide bonds. The molecule has 3 aliphatic carbocycles. The minimum atomic E-state index is -0.310. The molecule has 0 spiro atoms. The highest BCUT2D eigenvalue weighted by molar-refractivity contribution is 4.96. The summed E-state index contributed by atoms with van der Waals surface area (Å²) in [6, 6.07) is 0. The molecule has 3 fully saturated rings. The van der Waals surface area contributed by atoms with E-state index in [2.05, 4.69) is 20.8 Å². The molecule has 3 aliphatic rings. The molecular formula is C19H34O. The summed E-state index contributed by atoms with van der Waals surface area (Å²) in [5, 5.41) is 11.0. The van der Waals surface area contributed by atoms with Crippen molar-refractivity contribution in [3.63, 3.8) is 0 Å². The molecule has 0 radical (unpaired) electrons. The Hall–Kier alpha value is -0.0400. The number of hydrogen-bond donors (Lipinski definition) is 1. The third-order valence-electron chi connectivity index (χ3n) is 7.46. The van der Waals surface area contributed by atoms with Crippen LogP contribution >= 0.6 is 0 Å². The fraction of sp³-hybridized carbons (Fsp3) is 1.00. The zero-order valence-corrected chi connectivity index (χ0v) is 13.8. The summed E-state index contributed by atoms with van der Waals surface area (Å²) < 4.78 is 0. The summed E-state index contributed by atoms with van der Waals surface area (Å²) in [6.45, 7) is 7.14. The third-order valence-corrected chi connectivity index (χ3v) is 7.46. The Labute approximate surface area is 125 Å². The molecule has 0 aromatic rings. The molecule has 0 aliphatic heterocycles. The lowest BCUT2D eigenvalue weighted by Crippen LogP contribution is -2.40. The van der Waals surface area contributed by atoms with Crippen LogP contribution in [0, 0.1) is 29.1 Å². The largest absolute Gasteiger partial charge is 0.390 e. The number of fused-ring (bicyclic) bond motifs is 2. The quantitative estimate of drug-likeness (QED) is 0.752. The highest BCUT2D eigenvalue weighted by Crippen LogP contribution is 2.53. The SMILES string of the molecule is CCC(C)(C)C1CCC(O)(CC2CC3CCC2C3)CC1. The first-order valence-electron chi connectivity index (χ1n) is 9.14. The van der Waals surface area contributed by atoms with Gasteiger partial charge in [-0.3, -0.25) is 0 Å². The van der Waals surface area contributed by atoms with Crippen molar-refractivity contribution in [3.8, 4) is 0 Å². The van der Waals surface area contributed by atoms with Crippen LogP contribution in [0.15, 0.2) is 0 Å². The van der Waals surface area contributed by atoms with Crippen molar-refractivity contribution < 1.29 is 5.11 Å². The molecule has 1 nitrogen and oxygen atoms in total. The fourth-order valence-electron chi connectivity index (χ4n) is 5.54. The minimum absolute atomic E-state index is 0.310. The van der Waals surface area contributed by atoms with Crippen LogP contribution in [0.4, 0.5) is 0 Å². The topological polar surface area (TPSA) is 20.2 Å². The highest BCUT2D eigenvalue weighted by Gasteiger charge is 2.45. The van der Waals surface area contributed by atoms with Crippen molar-refractivity contribution in [2.75, 3.05) is 0 Å². The van der Waals surface area contributed by atoms with Gasteiger partial charge in [0.2, 0.25) is 0 Å². The standard InChI is InChI=1S/C19H34O/c1-4-18(2,3)17-7-9-19(20,10-8-17)13-16-12-14-5-6-15(16)11-14/h14-17,20H,4-13H2,1-3H3. The van der Waals surface area contributed by atoms with Crippen LogP contribution in [-0.4, -0.2) is 10.7 Å². The van der Waals surface area contributed by atoms with Crippen LogP contribution in [0.2, 0.25) is 0 Å². The summed E-state index contributed by atoms with van der Waals surface area (Å²) in [7, 11) is 0. The molecule has 1 N–H and O–H groups in total. The molecule has 3 rings (SSSR count). The van der Waals surface area contributed by atoms with Gasteiger partial charge >= 0.3 is 0 Å². The summed E-state index contributed by atoms with van der Waals surface area (Å²) in [5.41, 5.74) is 0.156. The van der Waals surface area contributed by atoms with Crippen molar-refractivity contribution in [3.05, 3.63) is 0 Å². The summed E-state index contributed by atoms with van der Waals surface area (Å²) in [6.07, 6.45) is 12.8. The van der Waals surface area contributed by atoms with Crippen LogP contribution in [0.5, 0.6) is 0 Å². The second-order valence-electron chi connectivity index (χ2n) is 8.98. The zero-order chi connectivity index (χ0) is 14.4. The predicted molar refractivity (Wildman–Crippen MR) is 84.5 cm³/mol. The van der Waals surface area contributed by atoms with Crippen molar-refractivity contribution in [2.45, 2.75) is 90.6 Å². The number of aliphatic hydroxyl groups is 1. The summed E-state index contributed by atoms with van der Waals surface area (Å²) in [4.78, 5) is 0. The van der Waals surface area contributed by atoms with Gasteiger partial charge in [0.15, 0.2) is 0 Å². The number of rotatable bonds is 4. The van der Waals surface area contributed by atoms with Gasteiger partial charge in [-0.25, -0.2) is 0 Å². The lowest BCUT2D eigenvalue weighted by molar-refractivity contribution is -0.0497. The molecule has 0 aromatic carbocycles. The molecule has 3 atom stereocenters. The van der Waals surface area contributed by atoms with E-state index < -0.39 is 0 Å². The van der Waals surface area contributed by atoms with Crippen LogP contribution in [0.25, 0.3) is 0 Å². The first-order chi connectivity index (χ1) is 9.42. The molecular weight excluding hydrogens is 244 g/mol. The first kappa shape index (κ1) is 14.9. The van der Waals surface area contributed by atoms with Crippen molar-refractivity contribution >= 4 is 0 Å². The van der Waals surface area contributed by atoms with Gasteiger partial charge in [-0.2, -0.15) is 0 Å². The Morgan fingerprint density at radius 1 is 1.05 bits per heavy atom. The van der Waals surface area contributed by atoms with Gasteiger partial charge in [0.1, 0.15) is 0 Å². The van der Waals surface area contributed by atoms with E-state index in [1.54, 1.807) is 0 Å². The second kappa shape index (κ2) is 5.30. The normalized spacial score (nSPS) is 45.0.